The molecular formula is C13H17N5O2. The summed E-state index contributed by atoms with van der Waals surface area (Å²) in [5, 5.41) is 12.3. The fourth-order valence-electron chi connectivity index (χ4n) is 1.70. The Morgan fingerprint density at radius 1 is 1.50 bits per heavy atom. The predicted molar refractivity (Wildman–Crippen MR) is 73.8 cm³/mol. The molecule has 2 N–H and O–H groups in total. The average molecular weight is 275 g/mol. The van der Waals surface area contributed by atoms with E-state index in [0.717, 1.165) is 0 Å². The normalized spacial score (nSPS) is 10.8. The molecule has 0 fully saturated rings. The van der Waals surface area contributed by atoms with Crippen molar-refractivity contribution in [2.24, 2.45) is 0 Å². The van der Waals surface area contributed by atoms with E-state index in [1.807, 2.05) is 24.6 Å². The number of hydrogen-bond acceptors (Lipinski definition) is 5. The number of carbonyl (C=O) groups is 1. The van der Waals surface area contributed by atoms with Crippen molar-refractivity contribution < 1.29 is 9.90 Å². The Balaban J connectivity index is 2.08. The van der Waals surface area contributed by atoms with Crippen LogP contribution < -0.4 is 5.32 Å². The first-order chi connectivity index (χ1) is 9.58. The van der Waals surface area contributed by atoms with Crippen LogP contribution in [0.3, 0.4) is 0 Å². The molecule has 0 bridgehead atoms. The molecule has 20 heavy (non-hydrogen) atoms. The highest BCUT2D eigenvalue weighted by atomic mass is 16.4. The number of aromatic nitrogens is 4. The van der Waals surface area contributed by atoms with E-state index in [1.165, 1.54) is 6.20 Å². The average Bonchev–Trinajstić information content (AvgIpc) is 2.91. The third kappa shape index (κ3) is 3.31. The lowest BCUT2D eigenvalue weighted by atomic mass is 10.2. The second-order valence-electron chi connectivity index (χ2n) is 4.68. The minimum atomic E-state index is -1.06. The van der Waals surface area contributed by atoms with Crippen LogP contribution in [0.4, 0.5) is 5.69 Å². The van der Waals surface area contributed by atoms with Crippen molar-refractivity contribution in [3.05, 3.63) is 36.4 Å². The lowest BCUT2D eigenvalue weighted by Gasteiger charge is -2.11. The number of hydrogen-bond donors (Lipinski definition) is 2. The number of imidazole rings is 1. The van der Waals surface area contributed by atoms with Gasteiger partial charge in [-0.3, -0.25) is 0 Å². The van der Waals surface area contributed by atoms with Gasteiger partial charge in [-0.25, -0.2) is 19.7 Å². The number of carboxylic acid groups (broad SMARTS) is 1. The third-order valence-electron chi connectivity index (χ3n) is 2.77. The first kappa shape index (κ1) is 14.0. The molecule has 7 heteroatoms. The Kier molecular flexibility index (Phi) is 4.29. The van der Waals surface area contributed by atoms with Crippen molar-refractivity contribution in [3.63, 3.8) is 0 Å². The highest BCUT2D eigenvalue weighted by Gasteiger charge is 2.15. The maximum atomic E-state index is 11.2. The van der Waals surface area contributed by atoms with Gasteiger partial charge in [0.2, 0.25) is 0 Å². The van der Waals surface area contributed by atoms with Crippen molar-refractivity contribution >= 4 is 11.7 Å². The van der Waals surface area contributed by atoms with Crippen LogP contribution in [0.1, 0.15) is 36.1 Å². The van der Waals surface area contributed by atoms with Crippen molar-refractivity contribution in [1.29, 1.82) is 0 Å². The van der Waals surface area contributed by atoms with E-state index in [4.69, 9.17) is 0 Å². The van der Waals surface area contributed by atoms with Crippen molar-refractivity contribution in [2.75, 3.05) is 11.9 Å². The van der Waals surface area contributed by atoms with E-state index in [0.29, 0.717) is 24.6 Å². The van der Waals surface area contributed by atoms with E-state index in [2.05, 4.69) is 20.3 Å². The van der Waals surface area contributed by atoms with E-state index in [9.17, 15) is 9.90 Å². The monoisotopic (exact) mass is 275 g/mol. The SMILES string of the molecule is CC(C)c1ncc(NCCn2ccnc2)c(C(=O)O)n1. The summed E-state index contributed by atoms with van der Waals surface area (Å²) in [4.78, 5) is 23.5. The van der Waals surface area contributed by atoms with Gasteiger partial charge in [0.15, 0.2) is 5.69 Å². The summed E-state index contributed by atoms with van der Waals surface area (Å²) < 4.78 is 1.90. The summed E-state index contributed by atoms with van der Waals surface area (Å²) >= 11 is 0. The molecular weight excluding hydrogens is 258 g/mol. The highest BCUT2D eigenvalue weighted by molar-refractivity contribution is 5.91. The summed E-state index contributed by atoms with van der Waals surface area (Å²) in [6, 6.07) is 0. The lowest BCUT2D eigenvalue weighted by Crippen LogP contribution is -2.15. The third-order valence-corrected chi connectivity index (χ3v) is 2.77. The molecule has 0 saturated heterocycles. The molecule has 0 aliphatic heterocycles. The number of carboxylic acids is 1. The number of anilines is 1. The Labute approximate surface area is 116 Å². The van der Waals surface area contributed by atoms with Crippen LogP contribution in [0.25, 0.3) is 0 Å². The van der Waals surface area contributed by atoms with E-state index >= 15 is 0 Å². The van der Waals surface area contributed by atoms with E-state index in [1.54, 1.807) is 12.5 Å². The minimum Gasteiger partial charge on any atom is -0.476 e. The quantitative estimate of drug-likeness (QED) is 0.832. The summed E-state index contributed by atoms with van der Waals surface area (Å²) in [7, 11) is 0. The molecule has 2 aromatic rings. The van der Waals surface area contributed by atoms with Gasteiger partial charge in [0.1, 0.15) is 5.82 Å². The fourth-order valence-corrected chi connectivity index (χ4v) is 1.70. The van der Waals surface area contributed by atoms with E-state index in [-0.39, 0.29) is 11.6 Å². The first-order valence-electron chi connectivity index (χ1n) is 6.37. The fraction of sp³-hybridized carbons (Fsp3) is 0.385. The van der Waals surface area contributed by atoms with Gasteiger partial charge in [0.25, 0.3) is 0 Å². The smallest absolute Gasteiger partial charge is 0.356 e. The molecule has 0 unspecified atom stereocenters. The van der Waals surface area contributed by atoms with Gasteiger partial charge in [-0.2, -0.15) is 0 Å². The summed E-state index contributed by atoms with van der Waals surface area (Å²) in [6.07, 6.45) is 6.78. The Hall–Kier alpha value is -2.44. The van der Waals surface area contributed by atoms with Crippen molar-refractivity contribution in [2.45, 2.75) is 26.3 Å². The molecule has 0 spiro atoms. The summed E-state index contributed by atoms with van der Waals surface area (Å²) in [5.74, 6) is -0.435. The van der Waals surface area contributed by atoms with Crippen molar-refractivity contribution in [1.82, 2.24) is 19.5 Å². The molecule has 0 saturated carbocycles. The molecule has 0 aromatic carbocycles. The number of nitrogens with zero attached hydrogens (tertiary/aromatic N) is 4. The molecule has 0 radical (unpaired) electrons. The molecule has 106 valence electrons. The zero-order valence-corrected chi connectivity index (χ0v) is 11.4. The molecule has 2 rings (SSSR count). The van der Waals surface area contributed by atoms with Crippen LogP contribution >= 0.6 is 0 Å². The Morgan fingerprint density at radius 3 is 2.90 bits per heavy atom. The molecule has 0 aliphatic carbocycles. The van der Waals surface area contributed by atoms with Gasteiger partial charge in [-0.05, 0) is 0 Å². The molecule has 2 aromatic heterocycles. The van der Waals surface area contributed by atoms with Gasteiger partial charge in [0.05, 0.1) is 18.2 Å². The summed E-state index contributed by atoms with van der Waals surface area (Å²) in [6.45, 7) is 5.10. The Bertz CT molecular complexity index is 580. The van der Waals surface area contributed by atoms with E-state index < -0.39 is 5.97 Å². The van der Waals surface area contributed by atoms with Gasteiger partial charge in [0, 0.05) is 31.4 Å². The van der Waals surface area contributed by atoms with Gasteiger partial charge < -0.3 is 15.0 Å². The van der Waals surface area contributed by atoms with Crippen molar-refractivity contribution in [3.8, 4) is 0 Å². The van der Waals surface area contributed by atoms with Gasteiger partial charge in [-0.15, -0.1) is 0 Å². The molecule has 0 atom stereocenters. The molecule has 7 nitrogen and oxygen atoms in total. The second-order valence-corrected chi connectivity index (χ2v) is 4.68. The van der Waals surface area contributed by atoms with Gasteiger partial charge in [-0.1, -0.05) is 13.8 Å². The van der Waals surface area contributed by atoms with Gasteiger partial charge >= 0.3 is 5.97 Å². The maximum absolute atomic E-state index is 11.2. The van der Waals surface area contributed by atoms with Crippen LogP contribution in [0.15, 0.2) is 24.9 Å². The second kappa shape index (κ2) is 6.14. The van der Waals surface area contributed by atoms with Crippen LogP contribution in [-0.2, 0) is 6.54 Å². The predicted octanol–water partition coefficient (Wildman–Crippen LogP) is 1.61. The maximum Gasteiger partial charge on any atom is 0.356 e. The topological polar surface area (TPSA) is 92.9 Å². The first-order valence-corrected chi connectivity index (χ1v) is 6.37. The lowest BCUT2D eigenvalue weighted by molar-refractivity contribution is 0.0691. The van der Waals surface area contributed by atoms with Crippen LogP contribution in [-0.4, -0.2) is 37.1 Å². The zero-order valence-electron chi connectivity index (χ0n) is 11.4. The number of nitrogens with one attached hydrogen (secondary N) is 1. The molecule has 0 amide bonds. The molecule has 0 aliphatic rings. The molecule has 2 heterocycles. The summed E-state index contributed by atoms with van der Waals surface area (Å²) in [5.41, 5.74) is 0.441. The van der Waals surface area contributed by atoms with Crippen LogP contribution in [0.2, 0.25) is 0 Å². The standard InChI is InChI=1S/C13H17N5O2/c1-9(2)12-16-7-10(11(17-12)13(19)20)15-4-6-18-5-3-14-8-18/h3,5,7-9,15H,4,6H2,1-2H3,(H,19,20). The Morgan fingerprint density at radius 2 is 2.30 bits per heavy atom. The largest absolute Gasteiger partial charge is 0.476 e. The highest BCUT2D eigenvalue weighted by Crippen LogP contribution is 2.16. The number of rotatable bonds is 6. The zero-order chi connectivity index (χ0) is 14.5. The number of aromatic carboxylic acids is 1. The van der Waals surface area contributed by atoms with Crippen LogP contribution in [0.5, 0.6) is 0 Å². The minimum absolute atomic E-state index is 0.00864. The van der Waals surface area contributed by atoms with Crippen LogP contribution in [0, 0.1) is 0 Å².